The fraction of sp³-hybridized carbons (Fsp3) is 0.667. The Bertz CT molecular complexity index is 594. The Balaban J connectivity index is 2.39. The SMILES string of the molecule is [2H]C([2H])([2H])O[C@@H]1[C@H](OC)[C@@H](COC)O[C@H]1n1ccc(N)nc1=O. The van der Waals surface area contributed by atoms with Crippen molar-refractivity contribution in [3.8, 4) is 0 Å². The number of rotatable bonds is 5. The molecule has 0 aromatic carbocycles. The summed E-state index contributed by atoms with van der Waals surface area (Å²) in [5.41, 5.74) is 4.78. The summed E-state index contributed by atoms with van der Waals surface area (Å²) in [4.78, 5) is 15.6. The van der Waals surface area contributed by atoms with Crippen LogP contribution in [0.4, 0.5) is 5.82 Å². The van der Waals surface area contributed by atoms with Crippen LogP contribution in [-0.4, -0.2) is 55.7 Å². The summed E-state index contributed by atoms with van der Waals surface area (Å²) in [7, 11) is 0.189. The van der Waals surface area contributed by atoms with Crippen LogP contribution in [0.3, 0.4) is 0 Å². The van der Waals surface area contributed by atoms with E-state index in [0.29, 0.717) is 0 Å². The molecule has 1 fully saturated rings. The lowest BCUT2D eigenvalue weighted by atomic mass is 10.1. The molecular formula is C12H19N3O5. The average Bonchev–Trinajstić information content (AvgIpc) is 2.75. The third-order valence-electron chi connectivity index (χ3n) is 3.15. The lowest BCUT2D eigenvalue weighted by Crippen LogP contribution is -2.38. The van der Waals surface area contributed by atoms with Crippen LogP contribution >= 0.6 is 0 Å². The predicted molar refractivity (Wildman–Crippen MR) is 70.3 cm³/mol. The number of hydrogen-bond donors (Lipinski definition) is 1. The molecule has 2 rings (SSSR count). The Morgan fingerprint density at radius 1 is 1.50 bits per heavy atom. The molecule has 0 spiro atoms. The van der Waals surface area contributed by atoms with E-state index in [4.69, 9.17) is 28.8 Å². The third kappa shape index (κ3) is 2.68. The highest BCUT2D eigenvalue weighted by Crippen LogP contribution is 2.32. The van der Waals surface area contributed by atoms with Gasteiger partial charge in [0.1, 0.15) is 24.1 Å². The first-order valence-corrected chi connectivity index (χ1v) is 5.96. The quantitative estimate of drug-likeness (QED) is 0.772. The molecular weight excluding hydrogens is 266 g/mol. The Labute approximate surface area is 120 Å². The maximum Gasteiger partial charge on any atom is 0.351 e. The first-order chi connectivity index (χ1) is 10.8. The van der Waals surface area contributed by atoms with E-state index in [1.807, 2.05) is 0 Å². The van der Waals surface area contributed by atoms with E-state index >= 15 is 0 Å². The van der Waals surface area contributed by atoms with Crippen LogP contribution in [0.1, 0.15) is 10.3 Å². The minimum atomic E-state index is -2.68. The van der Waals surface area contributed by atoms with Crippen molar-refractivity contribution in [2.24, 2.45) is 0 Å². The summed E-state index contributed by atoms with van der Waals surface area (Å²) in [6, 6.07) is 1.41. The molecule has 0 aliphatic carbocycles. The highest BCUT2D eigenvalue weighted by atomic mass is 16.6. The van der Waals surface area contributed by atoms with Crippen molar-refractivity contribution >= 4 is 5.82 Å². The van der Waals surface area contributed by atoms with Gasteiger partial charge in [0.15, 0.2) is 6.23 Å². The monoisotopic (exact) mass is 288 g/mol. The summed E-state index contributed by atoms with van der Waals surface area (Å²) in [6.07, 6.45) is -2.04. The minimum Gasteiger partial charge on any atom is -0.383 e. The highest BCUT2D eigenvalue weighted by Gasteiger charge is 2.46. The average molecular weight is 288 g/mol. The molecule has 8 heteroatoms. The summed E-state index contributed by atoms with van der Waals surface area (Å²) >= 11 is 0. The van der Waals surface area contributed by atoms with E-state index in [0.717, 1.165) is 4.57 Å². The van der Waals surface area contributed by atoms with Crippen LogP contribution in [0, 0.1) is 0 Å². The molecule has 2 N–H and O–H groups in total. The summed E-state index contributed by atoms with van der Waals surface area (Å²) in [5, 5.41) is 0. The van der Waals surface area contributed by atoms with Gasteiger partial charge in [-0.1, -0.05) is 0 Å². The van der Waals surface area contributed by atoms with Crippen molar-refractivity contribution in [1.29, 1.82) is 0 Å². The molecule has 1 aliphatic heterocycles. The molecule has 4 atom stereocenters. The molecule has 8 nitrogen and oxygen atoms in total. The van der Waals surface area contributed by atoms with E-state index in [2.05, 4.69) is 4.98 Å². The molecule has 1 aliphatic rings. The molecule has 20 heavy (non-hydrogen) atoms. The topological polar surface area (TPSA) is 97.8 Å². The molecule has 0 bridgehead atoms. The van der Waals surface area contributed by atoms with Gasteiger partial charge in [-0.25, -0.2) is 4.79 Å². The standard InChI is InChI=1S/C12H19N3O5/c1-17-6-7-9(18-2)10(19-3)11(20-7)15-5-4-8(13)14-12(15)16/h4-5,7,9-11H,6H2,1-3H3,(H2,13,14,16)/t7-,9-,10-,11-/m1/s1/i3D3. The van der Waals surface area contributed by atoms with Gasteiger partial charge in [0, 0.05) is 27.5 Å². The van der Waals surface area contributed by atoms with Gasteiger partial charge in [-0.15, -0.1) is 0 Å². The Kier molecular flexibility index (Phi) is 3.54. The fourth-order valence-corrected chi connectivity index (χ4v) is 2.26. The zero-order valence-electron chi connectivity index (χ0n) is 14.2. The van der Waals surface area contributed by atoms with Gasteiger partial charge in [-0.3, -0.25) is 4.57 Å². The van der Waals surface area contributed by atoms with Gasteiger partial charge >= 0.3 is 5.69 Å². The van der Waals surface area contributed by atoms with E-state index in [1.165, 1.54) is 26.5 Å². The van der Waals surface area contributed by atoms with E-state index < -0.39 is 37.3 Å². The second kappa shape index (κ2) is 6.31. The van der Waals surface area contributed by atoms with Crippen molar-refractivity contribution in [3.05, 3.63) is 22.7 Å². The maximum atomic E-state index is 12.0. The van der Waals surface area contributed by atoms with Crippen molar-refractivity contribution in [1.82, 2.24) is 9.55 Å². The second-order valence-electron chi connectivity index (χ2n) is 4.35. The van der Waals surface area contributed by atoms with Gasteiger partial charge in [0.05, 0.1) is 10.7 Å². The van der Waals surface area contributed by atoms with Crippen LogP contribution in [0.5, 0.6) is 0 Å². The molecule has 1 saturated heterocycles. The molecule has 1 aromatic rings. The molecule has 0 unspecified atom stereocenters. The second-order valence-corrected chi connectivity index (χ2v) is 4.35. The largest absolute Gasteiger partial charge is 0.383 e. The van der Waals surface area contributed by atoms with Gasteiger partial charge in [0.25, 0.3) is 0 Å². The maximum absolute atomic E-state index is 12.0. The van der Waals surface area contributed by atoms with Crippen molar-refractivity contribution in [3.63, 3.8) is 0 Å². The molecule has 2 heterocycles. The summed E-state index contributed by atoms with van der Waals surface area (Å²) in [6.45, 7) is 0.146. The van der Waals surface area contributed by atoms with Gasteiger partial charge in [-0.05, 0) is 6.07 Å². The Hall–Kier alpha value is -1.48. The first-order valence-electron chi connectivity index (χ1n) is 7.46. The number of nitrogens with zero attached hydrogens (tertiary/aromatic N) is 2. The van der Waals surface area contributed by atoms with Gasteiger partial charge in [0.2, 0.25) is 0 Å². The minimum absolute atomic E-state index is 0.0502. The normalized spacial score (nSPS) is 32.6. The van der Waals surface area contributed by atoms with Crippen LogP contribution in [0.2, 0.25) is 0 Å². The number of aromatic nitrogens is 2. The summed E-state index contributed by atoms with van der Waals surface area (Å²) < 4.78 is 44.3. The third-order valence-corrected chi connectivity index (χ3v) is 3.15. The first kappa shape index (κ1) is 11.2. The zero-order chi connectivity index (χ0) is 17.2. The number of nitrogens with two attached hydrogens (primary N) is 1. The number of ether oxygens (including phenoxy) is 4. The number of hydrogen-bond acceptors (Lipinski definition) is 7. The smallest absolute Gasteiger partial charge is 0.351 e. The number of anilines is 1. The van der Waals surface area contributed by atoms with Crippen LogP contribution in [0.25, 0.3) is 0 Å². The molecule has 0 radical (unpaired) electrons. The zero-order valence-corrected chi connectivity index (χ0v) is 11.2. The fourth-order valence-electron chi connectivity index (χ4n) is 2.26. The molecule has 112 valence electrons. The van der Waals surface area contributed by atoms with E-state index in [-0.39, 0.29) is 12.4 Å². The van der Waals surface area contributed by atoms with E-state index in [9.17, 15) is 4.79 Å². The Morgan fingerprint density at radius 2 is 2.30 bits per heavy atom. The van der Waals surface area contributed by atoms with Gasteiger partial charge < -0.3 is 24.7 Å². The van der Waals surface area contributed by atoms with Crippen LogP contribution in [0.15, 0.2) is 17.1 Å². The lowest BCUT2D eigenvalue weighted by Gasteiger charge is -2.22. The lowest BCUT2D eigenvalue weighted by molar-refractivity contribution is -0.0672. The van der Waals surface area contributed by atoms with Gasteiger partial charge in [-0.2, -0.15) is 4.98 Å². The highest BCUT2D eigenvalue weighted by molar-refractivity contribution is 5.23. The van der Waals surface area contributed by atoms with E-state index in [1.54, 1.807) is 0 Å². The van der Waals surface area contributed by atoms with Crippen molar-refractivity contribution in [2.45, 2.75) is 24.5 Å². The molecule has 1 aromatic heterocycles. The van der Waals surface area contributed by atoms with Crippen molar-refractivity contribution < 1.29 is 23.1 Å². The molecule has 0 saturated carbocycles. The Morgan fingerprint density at radius 3 is 2.90 bits per heavy atom. The predicted octanol–water partition coefficient (Wildman–Crippen LogP) is -0.601. The molecule has 0 amide bonds. The van der Waals surface area contributed by atoms with Crippen LogP contribution < -0.4 is 11.4 Å². The van der Waals surface area contributed by atoms with Crippen LogP contribution in [-0.2, 0) is 18.9 Å². The van der Waals surface area contributed by atoms with Crippen molar-refractivity contribution in [2.75, 3.05) is 33.6 Å². The number of nitrogen functional groups attached to an aromatic ring is 1. The summed E-state index contributed by atoms with van der Waals surface area (Å²) in [5.74, 6) is 0.0502. The number of methoxy groups -OCH3 is 3.